The Balaban J connectivity index is 1.64. The van der Waals surface area contributed by atoms with Crippen LogP contribution in [0.1, 0.15) is 33.8 Å². The maximum absolute atomic E-state index is 12.2. The Morgan fingerprint density at radius 3 is 2.71 bits per heavy atom. The summed E-state index contributed by atoms with van der Waals surface area (Å²) in [5.74, 6) is 0.200. The molecule has 0 bridgehead atoms. The average Bonchev–Trinajstić information content (AvgIpc) is 3.02. The molecule has 24 heavy (non-hydrogen) atoms. The van der Waals surface area contributed by atoms with Gasteiger partial charge in [-0.05, 0) is 52.3 Å². The predicted octanol–water partition coefficient (Wildman–Crippen LogP) is 4.74. The number of carbonyl (C=O) groups is 1. The minimum absolute atomic E-state index is 0.160. The van der Waals surface area contributed by atoms with E-state index < -0.39 is 0 Å². The lowest BCUT2D eigenvalue weighted by molar-refractivity contribution is 0.102. The monoisotopic (exact) mass is 449 g/mol. The van der Waals surface area contributed by atoms with Crippen LogP contribution in [0.2, 0.25) is 0 Å². The van der Waals surface area contributed by atoms with Gasteiger partial charge in [0, 0.05) is 15.6 Å². The molecule has 0 aliphatic carbocycles. The Labute approximate surface area is 158 Å². The highest BCUT2D eigenvalue weighted by Crippen LogP contribution is 2.24. The standard InChI is InChI=1S/C18H16IN3OS/c1-12(13-6-3-2-4-7-13)10-16-21-22-18(24-16)20-17(23)14-8-5-9-15(19)11-14/h2-9,11-12H,10H2,1H3,(H,20,22,23). The molecular formula is C18H16IN3OS. The van der Waals surface area contributed by atoms with Gasteiger partial charge in [-0.15, -0.1) is 10.2 Å². The third-order valence-corrected chi connectivity index (χ3v) is 5.16. The summed E-state index contributed by atoms with van der Waals surface area (Å²) in [6.07, 6.45) is 0.806. The first-order chi connectivity index (χ1) is 11.6. The van der Waals surface area contributed by atoms with Crippen LogP contribution in [0, 0.1) is 3.57 Å². The molecule has 0 saturated carbocycles. The second-order valence-electron chi connectivity index (χ2n) is 5.48. The lowest BCUT2D eigenvalue weighted by Crippen LogP contribution is -2.11. The molecular weight excluding hydrogens is 433 g/mol. The molecule has 1 N–H and O–H groups in total. The van der Waals surface area contributed by atoms with Gasteiger partial charge in [0.05, 0.1) is 0 Å². The maximum Gasteiger partial charge on any atom is 0.257 e. The van der Waals surface area contributed by atoms with E-state index >= 15 is 0 Å². The number of halogens is 1. The number of benzene rings is 2. The molecule has 1 aromatic heterocycles. The molecule has 0 aliphatic heterocycles. The van der Waals surface area contributed by atoms with Crippen LogP contribution in [0.4, 0.5) is 5.13 Å². The average molecular weight is 449 g/mol. The summed E-state index contributed by atoms with van der Waals surface area (Å²) in [6, 6.07) is 17.8. The number of anilines is 1. The van der Waals surface area contributed by atoms with Crippen molar-refractivity contribution in [2.45, 2.75) is 19.3 Å². The van der Waals surface area contributed by atoms with Gasteiger partial charge in [-0.2, -0.15) is 0 Å². The zero-order valence-corrected chi connectivity index (χ0v) is 16.0. The summed E-state index contributed by atoms with van der Waals surface area (Å²) < 4.78 is 1.02. The van der Waals surface area contributed by atoms with E-state index in [1.807, 2.05) is 36.4 Å². The first-order valence-electron chi connectivity index (χ1n) is 7.56. The van der Waals surface area contributed by atoms with Crippen LogP contribution in [0.3, 0.4) is 0 Å². The third-order valence-electron chi connectivity index (χ3n) is 3.62. The summed E-state index contributed by atoms with van der Waals surface area (Å²) in [4.78, 5) is 12.2. The van der Waals surface area contributed by atoms with E-state index in [1.54, 1.807) is 6.07 Å². The molecule has 122 valence electrons. The molecule has 2 aromatic carbocycles. The second kappa shape index (κ2) is 7.85. The summed E-state index contributed by atoms with van der Waals surface area (Å²) >= 11 is 3.61. The molecule has 3 aromatic rings. The number of carbonyl (C=O) groups excluding carboxylic acids is 1. The Kier molecular flexibility index (Phi) is 5.57. The van der Waals surface area contributed by atoms with E-state index in [0.717, 1.165) is 15.0 Å². The first-order valence-corrected chi connectivity index (χ1v) is 9.45. The number of hydrogen-bond acceptors (Lipinski definition) is 4. The Bertz CT molecular complexity index is 835. The number of rotatable bonds is 5. The molecule has 1 unspecified atom stereocenters. The highest BCUT2D eigenvalue weighted by atomic mass is 127. The predicted molar refractivity (Wildman–Crippen MR) is 106 cm³/mol. The van der Waals surface area contributed by atoms with E-state index in [1.165, 1.54) is 16.9 Å². The zero-order chi connectivity index (χ0) is 16.9. The van der Waals surface area contributed by atoms with Crippen LogP contribution in [-0.4, -0.2) is 16.1 Å². The van der Waals surface area contributed by atoms with Crippen LogP contribution in [0.15, 0.2) is 54.6 Å². The highest BCUT2D eigenvalue weighted by molar-refractivity contribution is 14.1. The van der Waals surface area contributed by atoms with Crippen LogP contribution in [0.25, 0.3) is 0 Å². The molecule has 0 aliphatic rings. The number of nitrogens with one attached hydrogen (secondary N) is 1. The third kappa shape index (κ3) is 4.39. The molecule has 1 atom stereocenters. The van der Waals surface area contributed by atoms with Crippen molar-refractivity contribution in [3.8, 4) is 0 Å². The fourth-order valence-electron chi connectivity index (χ4n) is 2.35. The Morgan fingerprint density at radius 1 is 1.17 bits per heavy atom. The fraction of sp³-hybridized carbons (Fsp3) is 0.167. The second-order valence-corrected chi connectivity index (χ2v) is 7.79. The number of nitrogens with zero attached hydrogens (tertiary/aromatic N) is 2. The van der Waals surface area contributed by atoms with Crippen LogP contribution in [0.5, 0.6) is 0 Å². The summed E-state index contributed by atoms with van der Waals surface area (Å²) in [7, 11) is 0. The first kappa shape index (κ1) is 17.0. The van der Waals surface area contributed by atoms with Crippen molar-refractivity contribution < 1.29 is 4.79 Å². The normalized spacial score (nSPS) is 11.9. The Morgan fingerprint density at radius 2 is 1.96 bits per heavy atom. The van der Waals surface area contributed by atoms with Gasteiger partial charge in [0.25, 0.3) is 5.91 Å². The van der Waals surface area contributed by atoms with Gasteiger partial charge in [-0.3, -0.25) is 10.1 Å². The van der Waals surface area contributed by atoms with Crippen molar-refractivity contribution in [2.24, 2.45) is 0 Å². The van der Waals surface area contributed by atoms with Crippen LogP contribution >= 0.6 is 33.9 Å². The number of aromatic nitrogens is 2. The van der Waals surface area contributed by atoms with Gasteiger partial charge in [-0.1, -0.05) is 54.7 Å². The van der Waals surface area contributed by atoms with Gasteiger partial charge in [0.2, 0.25) is 5.13 Å². The van der Waals surface area contributed by atoms with Gasteiger partial charge in [0.1, 0.15) is 5.01 Å². The maximum atomic E-state index is 12.2. The van der Waals surface area contributed by atoms with Crippen molar-refractivity contribution in [3.63, 3.8) is 0 Å². The molecule has 0 spiro atoms. The van der Waals surface area contributed by atoms with E-state index in [2.05, 4.69) is 57.2 Å². The molecule has 3 rings (SSSR count). The summed E-state index contributed by atoms with van der Waals surface area (Å²) in [5, 5.41) is 12.6. The highest BCUT2D eigenvalue weighted by Gasteiger charge is 2.13. The lowest BCUT2D eigenvalue weighted by atomic mass is 9.98. The fourth-order valence-corrected chi connectivity index (χ4v) is 3.75. The van der Waals surface area contributed by atoms with Crippen molar-refractivity contribution in [1.82, 2.24) is 10.2 Å². The van der Waals surface area contributed by atoms with Crippen LogP contribution in [-0.2, 0) is 6.42 Å². The zero-order valence-electron chi connectivity index (χ0n) is 13.1. The van der Waals surface area contributed by atoms with Crippen molar-refractivity contribution in [1.29, 1.82) is 0 Å². The number of amides is 1. The quantitative estimate of drug-likeness (QED) is 0.573. The Hall–Kier alpha value is -1.80. The van der Waals surface area contributed by atoms with E-state index in [-0.39, 0.29) is 5.91 Å². The molecule has 1 amide bonds. The molecule has 1 heterocycles. The molecule has 0 saturated heterocycles. The molecule has 4 nitrogen and oxygen atoms in total. The minimum atomic E-state index is -0.160. The van der Waals surface area contributed by atoms with E-state index in [9.17, 15) is 4.79 Å². The summed E-state index contributed by atoms with van der Waals surface area (Å²) in [6.45, 7) is 2.17. The van der Waals surface area contributed by atoms with Crippen molar-refractivity contribution in [3.05, 3.63) is 74.3 Å². The summed E-state index contributed by atoms with van der Waals surface area (Å²) in [5.41, 5.74) is 1.90. The minimum Gasteiger partial charge on any atom is -0.296 e. The van der Waals surface area contributed by atoms with E-state index in [4.69, 9.17) is 0 Å². The largest absolute Gasteiger partial charge is 0.296 e. The lowest BCUT2D eigenvalue weighted by Gasteiger charge is -2.08. The molecule has 6 heteroatoms. The molecule has 0 radical (unpaired) electrons. The van der Waals surface area contributed by atoms with Gasteiger partial charge in [0.15, 0.2) is 0 Å². The smallest absolute Gasteiger partial charge is 0.257 e. The number of hydrogen-bond donors (Lipinski definition) is 1. The van der Waals surface area contributed by atoms with Gasteiger partial charge < -0.3 is 0 Å². The van der Waals surface area contributed by atoms with Crippen molar-refractivity contribution >= 4 is 45.0 Å². The molecule has 0 fully saturated rings. The SMILES string of the molecule is CC(Cc1nnc(NC(=O)c2cccc(I)c2)s1)c1ccccc1. The van der Waals surface area contributed by atoms with Crippen molar-refractivity contribution in [2.75, 3.05) is 5.32 Å². The van der Waals surface area contributed by atoms with Crippen LogP contribution < -0.4 is 5.32 Å². The van der Waals surface area contributed by atoms with E-state index in [0.29, 0.717) is 16.6 Å². The van der Waals surface area contributed by atoms with Gasteiger partial charge in [-0.25, -0.2) is 0 Å². The van der Waals surface area contributed by atoms with Gasteiger partial charge >= 0.3 is 0 Å². The topological polar surface area (TPSA) is 54.9 Å².